The lowest BCUT2D eigenvalue weighted by Crippen LogP contribution is -2.19. The summed E-state index contributed by atoms with van der Waals surface area (Å²) < 4.78 is 0. The third-order valence-corrected chi connectivity index (χ3v) is 0.640. The van der Waals surface area contributed by atoms with Crippen molar-refractivity contribution in [2.24, 2.45) is 0 Å². The van der Waals surface area contributed by atoms with E-state index >= 15 is 0 Å². The molecular weight excluding hydrogens is 100 g/mol. The van der Waals surface area contributed by atoms with Crippen molar-refractivity contribution in [2.75, 3.05) is 13.1 Å². The molecule has 0 amide bonds. The number of hydrogen-bond donors (Lipinski definition) is 2. The van der Waals surface area contributed by atoms with Gasteiger partial charge in [-0.25, -0.2) is 0 Å². The van der Waals surface area contributed by atoms with Crippen LogP contribution in [0.5, 0.6) is 0 Å². The molecular formula is C6H16N2. The third kappa shape index (κ3) is 9.16. The van der Waals surface area contributed by atoms with Gasteiger partial charge in [0.1, 0.15) is 0 Å². The van der Waals surface area contributed by atoms with Crippen LogP contribution in [-0.2, 0) is 0 Å². The molecule has 0 aliphatic heterocycles. The van der Waals surface area contributed by atoms with Crippen molar-refractivity contribution in [3.8, 4) is 0 Å². The zero-order valence-corrected chi connectivity index (χ0v) is 4.91. The quantitative estimate of drug-likeness (QED) is 0.535. The van der Waals surface area contributed by atoms with Crippen LogP contribution >= 0.6 is 0 Å². The first kappa shape index (κ1) is 10.6. The molecule has 0 bridgehead atoms. The van der Waals surface area contributed by atoms with Crippen molar-refractivity contribution >= 4 is 5.71 Å². The van der Waals surface area contributed by atoms with Gasteiger partial charge in [0.05, 0.1) is 0 Å². The molecule has 0 aliphatic carbocycles. The first-order chi connectivity index (χ1) is 3.27. The summed E-state index contributed by atoms with van der Waals surface area (Å²) in [6.07, 6.45) is 0. The van der Waals surface area contributed by atoms with Gasteiger partial charge in [0.25, 0.3) is 0 Å². The third-order valence-electron chi connectivity index (χ3n) is 0.640. The standard InChI is InChI=1S/C5H12N2.CH4/c1-3-7-4-5(2)6;/h6-7H,3-4H2,1-2H3;1H4. The largest absolute Gasteiger partial charge is 0.312 e. The molecule has 2 N–H and O–H groups in total. The lowest BCUT2D eigenvalue weighted by atomic mass is 10.4. The van der Waals surface area contributed by atoms with Crippen molar-refractivity contribution < 1.29 is 0 Å². The van der Waals surface area contributed by atoms with Crippen molar-refractivity contribution in [3.05, 3.63) is 0 Å². The van der Waals surface area contributed by atoms with Crippen molar-refractivity contribution in [1.29, 1.82) is 5.41 Å². The van der Waals surface area contributed by atoms with Crippen LogP contribution in [0, 0.1) is 5.41 Å². The van der Waals surface area contributed by atoms with Crippen LogP contribution in [0.15, 0.2) is 0 Å². The van der Waals surface area contributed by atoms with E-state index in [-0.39, 0.29) is 7.43 Å². The van der Waals surface area contributed by atoms with Gasteiger partial charge in [-0.1, -0.05) is 14.4 Å². The first-order valence-corrected chi connectivity index (χ1v) is 2.52. The van der Waals surface area contributed by atoms with E-state index in [4.69, 9.17) is 5.41 Å². The Morgan fingerprint density at radius 2 is 2.12 bits per heavy atom. The molecule has 0 aromatic heterocycles. The highest BCUT2D eigenvalue weighted by Gasteiger charge is 1.80. The molecule has 50 valence electrons. The van der Waals surface area contributed by atoms with Crippen LogP contribution in [-0.4, -0.2) is 18.8 Å². The van der Waals surface area contributed by atoms with Crippen LogP contribution in [0.25, 0.3) is 0 Å². The lowest BCUT2D eigenvalue weighted by molar-refractivity contribution is 0.813. The Kier molecular flexibility index (Phi) is 8.77. The van der Waals surface area contributed by atoms with Gasteiger partial charge in [-0.3, -0.25) is 0 Å². The molecule has 0 spiro atoms. The van der Waals surface area contributed by atoms with Gasteiger partial charge >= 0.3 is 0 Å². The second kappa shape index (κ2) is 6.63. The molecule has 0 heterocycles. The predicted molar refractivity (Wildman–Crippen MR) is 38.7 cm³/mol. The van der Waals surface area contributed by atoms with Crippen molar-refractivity contribution in [2.45, 2.75) is 21.3 Å². The average molecular weight is 116 g/mol. The maximum Gasteiger partial charge on any atom is 0.0329 e. The zero-order valence-electron chi connectivity index (χ0n) is 4.91. The molecule has 0 aromatic carbocycles. The topological polar surface area (TPSA) is 35.9 Å². The molecule has 8 heavy (non-hydrogen) atoms. The minimum absolute atomic E-state index is 0. The molecule has 0 aliphatic rings. The van der Waals surface area contributed by atoms with E-state index in [0.717, 1.165) is 13.1 Å². The molecule has 0 fully saturated rings. The van der Waals surface area contributed by atoms with Crippen molar-refractivity contribution in [1.82, 2.24) is 5.32 Å². The molecule has 0 saturated heterocycles. The molecule has 0 rings (SSSR count). The Labute approximate surface area is 51.8 Å². The molecule has 2 heteroatoms. The van der Waals surface area contributed by atoms with Crippen LogP contribution in [0.1, 0.15) is 21.3 Å². The Morgan fingerprint density at radius 3 is 2.25 bits per heavy atom. The lowest BCUT2D eigenvalue weighted by Gasteiger charge is -1.94. The van der Waals surface area contributed by atoms with Gasteiger partial charge in [-0.2, -0.15) is 0 Å². The van der Waals surface area contributed by atoms with Gasteiger partial charge in [-0.05, 0) is 13.5 Å². The first-order valence-electron chi connectivity index (χ1n) is 2.52. The SMILES string of the molecule is C.CCNCC(C)=N. The highest BCUT2D eigenvalue weighted by Crippen LogP contribution is 1.62. The maximum absolute atomic E-state index is 6.94. The van der Waals surface area contributed by atoms with E-state index < -0.39 is 0 Å². The normalized spacial score (nSPS) is 7.75. The summed E-state index contributed by atoms with van der Waals surface area (Å²) in [6, 6.07) is 0. The summed E-state index contributed by atoms with van der Waals surface area (Å²) in [5.41, 5.74) is 0.696. The van der Waals surface area contributed by atoms with Gasteiger partial charge < -0.3 is 10.7 Å². The summed E-state index contributed by atoms with van der Waals surface area (Å²) in [5.74, 6) is 0. The summed E-state index contributed by atoms with van der Waals surface area (Å²) in [4.78, 5) is 0. The Morgan fingerprint density at radius 1 is 1.62 bits per heavy atom. The Balaban J connectivity index is 0. The minimum Gasteiger partial charge on any atom is -0.312 e. The number of nitrogens with one attached hydrogen (secondary N) is 2. The monoisotopic (exact) mass is 116 g/mol. The van der Waals surface area contributed by atoms with Gasteiger partial charge in [-0.15, -0.1) is 0 Å². The van der Waals surface area contributed by atoms with E-state index in [2.05, 4.69) is 5.32 Å². The second-order valence-electron chi connectivity index (χ2n) is 1.56. The highest BCUT2D eigenvalue weighted by molar-refractivity contribution is 5.80. The summed E-state index contributed by atoms with van der Waals surface area (Å²) >= 11 is 0. The fourth-order valence-electron chi connectivity index (χ4n) is 0.312. The molecule has 2 nitrogen and oxygen atoms in total. The van der Waals surface area contributed by atoms with E-state index in [1.54, 1.807) is 6.92 Å². The molecule has 0 unspecified atom stereocenters. The number of hydrogen-bond acceptors (Lipinski definition) is 2. The molecule has 0 atom stereocenters. The van der Waals surface area contributed by atoms with Crippen LogP contribution in [0.3, 0.4) is 0 Å². The van der Waals surface area contributed by atoms with Crippen LogP contribution < -0.4 is 5.32 Å². The van der Waals surface area contributed by atoms with E-state index in [1.807, 2.05) is 6.92 Å². The second-order valence-corrected chi connectivity index (χ2v) is 1.56. The Hall–Kier alpha value is -0.370. The van der Waals surface area contributed by atoms with E-state index in [1.165, 1.54) is 0 Å². The smallest absolute Gasteiger partial charge is 0.0329 e. The van der Waals surface area contributed by atoms with Crippen LogP contribution in [0.2, 0.25) is 0 Å². The predicted octanol–water partition coefficient (Wildman–Crippen LogP) is 1.27. The summed E-state index contributed by atoms with van der Waals surface area (Å²) in [6.45, 7) is 5.51. The summed E-state index contributed by atoms with van der Waals surface area (Å²) in [5, 5.41) is 9.96. The fraction of sp³-hybridized carbons (Fsp3) is 0.833. The van der Waals surface area contributed by atoms with Crippen LogP contribution in [0.4, 0.5) is 0 Å². The number of rotatable bonds is 3. The zero-order chi connectivity index (χ0) is 5.70. The molecule has 0 aromatic rings. The van der Waals surface area contributed by atoms with Gasteiger partial charge in [0, 0.05) is 12.3 Å². The van der Waals surface area contributed by atoms with E-state index in [9.17, 15) is 0 Å². The van der Waals surface area contributed by atoms with Crippen molar-refractivity contribution in [3.63, 3.8) is 0 Å². The average Bonchev–Trinajstić information content (AvgIpc) is 1.61. The maximum atomic E-state index is 6.94. The summed E-state index contributed by atoms with van der Waals surface area (Å²) in [7, 11) is 0. The van der Waals surface area contributed by atoms with Gasteiger partial charge in [0.15, 0.2) is 0 Å². The fourth-order valence-corrected chi connectivity index (χ4v) is 0.312. The molecule has 0 radical (unpaired) electrons. The molecule has 0 saturated carbocycles. The van der Waals surface area contributed by atoms with E-state index in [0.29, 0.717) is 5.71 Å². The minimum atomic E-state index is 0. The van der Waals surface area contributed by atoms with Gasteiger partial charge in [0.2, 0.25) is 0 Å². The highest BCUT2D eigenvalue weighted by atomic mass is 14.8. The Bertz CT molecular complexity index is 59.5.